The van der Waals surface area contributed by atoms with Gasteiger partial charge in [0, 0.05) is 12.8 Å². The van der Waals surface area contributed by atoms with Crippen molar-refractivity contribution in [1.29, 1.82) is 0 Å². The van der Waals surface area contributed by atoms with E-state index in [2.05, 4.69) is 12.6 Å². The molecular weight excluding hydrogens is 120 g/mol. The summed E-state index contributed by atoms with van der Waals surface area (Å²) >= 11 is 3.98. The van der Waals surface area contributed by atoms with E-state index in [1.807, 2.05) is 6.92 Å². The molecule has 0 radical (unpaired) electrons. The second-order valence-electron chi connectivity index (χ2n) is 1.72. The molecule has 0 aromatic rings. The van der Waals surface area contributed by atoms with Gasteiger partial charge in [0.25, 0.3) is 0 Å². The van der Waals surface area contributed by atoms with Gasteiger partial charge in [-0.1, -0.05) is 6.92 Å². The molecule has 0 saturated heterocycles. The molecule has 2 heteroatoms. The van der Waals surface area contributed by atoms with Crippen molar-refractivity contribution in [2.75, 3.05) is 5.75 Å². The second kappa shape index (κ2) is 5.16. The number of carbonyl (C=O) groups excluding carboxylic acids is 1. The molecule has 0 aliphatic rings. The van der Waals surface area contributed by atoms with E-state index in [9.17, 15) is 4.79 Å². The number of carbonyl (C=O) groups is 1. The normalized spacial score (nSPS) is 9.25. The molecule has 0 amide bonds. The number of Topliss-reactive ketones (excluding diaryl/α,β-unsaturated/α-hetero) is 1. The lowest BCUT2D eigenvalue weighted by atomic mass is 10.2. The van der Waals surface area contributed by atoms with Crippen molar-refractivity contribution < 1.29 is 4.79 Å². The lowest BCUT2D eigenvalue weighted by Gasteiger charge is -1.90. The van der Waals surface area contributed by atoms with Crippen LogP contribution in [0.15, 0.2) is 0 Å². The van der Waals surface area contributed by atoms with E-state index < -0.39 is 0 Å². The molecule has 0 aromatic heterocycles. The molecule has 0 aromatic carbocycles. The Labute approximate surface area is 55.9 Å². The fourth-order valence-electron chi connectivity index (χ4n) is 0.453. The quantitative estimate of drug-likeness (QED) is 0.576. The molecule has 0 bridgehead atoms. The number of hydrogen-bond acceptors (Lipinski definition) is 2. The van der Waals surface area contributed by atoms with Crippen LogP contribution in [-0.2, 0) is 4.79 Å². The van der Waals surface area contributed by atoms with Crippen LogP contribution >= 0.6 is 12.6 Å². The van der Waals surface area contributed by atoms with Crippen LogP contribution in [-0.4, -0.2) is 11.5 Å². The molecule has 0 aliphatic heterocycles. The number of rotatable bonds is 4. The van der Waals surface area contributed by atoms with Crippen LogP contribution in [0.3, 0.4) is 0 Å². The Morgan fingerprint density at radius 3 is 2.62 bits per heavy atom. The van der Waals surface area contributed by atoms with Crippen molar-refractivity contribution >= 4 is 18.4 Å². The van der Waals surface area contributed by atoms with Crippen molar-refractivity contribution in [2.45, 2.75) is 26.2 Å². The highest BCUT2D eigenvalue weighted by atomic mass is 32.1. The molecular formula is C6H12OS. The average Bonchev–Trinajstić information content (AvgIpc) is 1.83. The van der Waals surface area contributed by atoms with E-state index in [0.717, 1.165) is 12.2 Å². The first kappa shape index (κ1) is 8.02. The highest BCUT2D eigenvalue weighted by Crippen LogP contribution is 1.94. The summed E-state index contributed by atoms with van der Waals surface area (Å²) in [5, 5.41) is 0. The minimum Gasteiger partial charge on any atom is -0.300 e. The Morgan fingerprint density at radius 1 is 1.62 bits per heavy atom. The van der Waals surface area contributed by atoms with E-state index in [4.69, 9.17) is 0 Å². The third-order valence-corrected chi connectivity index (χ3v) is 1.32. The first-order valence-electron chi connectivity index (χ1n) is 2.93. The Balaban J connectivity index is 2.99. The zero-order valence-corrected chi connectivity index (χ0v) is 6.08. The molecule has 48 valence electrons. The first-order chi connectivity index (χ1) is 3.81. The van der Waals surface area contributed by atoms with Gasteiger partial charge in [-0.05, 0) is 12.2 Å². The average molecular weight is 132 g/mol. The summed E-state index contributed by atoms with van der Waals surface area (Å²) in [5.74, 6) is 1.17. The summed E-state index contributed by atoms with van der Waals surface area (Å²) < 4.78 is 0. The van der Waals surface area contributed by atoms with Gasteiger partial charge in [0.1, 0.15) is 5.78 Å². The largest absolute Gasteiger partial charge is 0.300 e. The van der Waals surface area contributed by atoms with Crippen LogP contribution in [0.25, 0.3) is 0 Å². The molecule has 0 N–H and O–H groups in total. The van der Waals surface area contributed by atoms with Gasteiger partial charge in [0.2, 0.25) is 0 Å². The standard InChI is InChI=1S/C6H12OS/c1-2-6(7)4-3-5-8/h8H,2-5H2,1H3. The third kappa shape index (κ3) is 4.19. The van der Waals surface area contributed by atoms with Crippen LogP contribution in [0, 0.1) is 0 Å². The third-order valence-electron chi connectivity index (χ3n) is 1.01. The maximum Gasteiger partial charge on any atom is 0.132 e. The zero-order valence-electron chi connectivity index (χ0n) is 5.18. The summed E-state index contributed by atoms with van der Waals surface area (Å²) in [4.78, 5) is 10.5. The fraction of sp³-hybridized carbons (Fsp3) is 0.833. The molecule has 0 rings (SSSR count). The lowest BCUT2D eigenvalue weighted by molar-refractivity contribution is -0.118. The summed E-state index contributed by atoms with van der Waals surface area (Å²) in [6.45, 7) is 1.89. The van der Waals surface area contributed by atoms with E-state index in [0.29, 0.717) is 18.6 Å². The van der Waals surface area contributed by atoms with Gasteiger partial charge in [0.05, 0.1) is 0 Å². The first-order valence-corrected chi connectivity index (χ1v) is 3.57. The predicted molar refractivity (Wildman–Crippen MR) is 38.4 cm³/mol. The van der Waals surface area contributed by atoms with E-state index in [1.165, 1.54) is 0 Å². The highest BCUT2D eigenvalue weighted by molar-refractivity contribution is 7.80. The molecule has 0 fully saturated rings. The summed E-state index contributed by atoms with van der Waals surface area (Å²) in [6, 6.07) is 0. The zero-order chi connectivity index (χ0) is 6.41. The van der Waals surface area contributed by atoms with Gasteiger partial charge in [-0.15, -0.1) is 0 Å². The molecule has 0 spiro atoms. The van der Waals surface area contributed by atoms with Crippen LogP contribution in [0.5, 0.6) is 0 Å². The SMILES string of the molecule is CCC(=O)CCCS. The minimum atomic E-state index is 0.346. The number of thiol groups is 1. The highest BCUT2D eigenvalue weighted by Gasteiger charge is 1.93. The molecule has 0 atom stereocenters. The van der Waals surface area contributed by atoms with Gasteiger partial charge < -0.3 is 0 Å². The molecule has 0 heterocycles. The Hall–Kier alpha value is 0.0200. The van der Waals surface area contributed by atoms with E-state index in [1.54, 1.807) is 0 Å². The summed E-state index contributed by atoms with van der Waals surface area (Å²) in [7, 11) is 0. The number of ketones is 1. The summed E-state index contributed by atoms with van der Waals surface area (Å²) in [6.07, 6.45) is 2.31. The molecule has 0 saturated carbocycles. The summed E-state index contributed by atoms with van der Waals surface area (Å²) in [5.41, 5.74) is 0. The van der Waals surface area contributed by atoms with Crippen molar-refractivity contribution in [3.8, 4) is 0 Å². The van der Waals surface area contributed by atoms with Gasteiger partial charge >= 0.3 is 0 Å². The Kier molecular flexibility index (Phi) is 5.18. The van der Waals surface area contributed by atoms with Crippen LogP contribution < -0.4 is 0 Å². The van der Waals surface area contributed by atoms with Gasteiger partial charge in [-0.3, -0.25) is 4.79 Å². The molecule has 0 aliphatic carbocycles. The minimum absolute atomic E-state index is 0.346. The topological polar surface area (TPSA) is 17.1 Å². The maximum absolute atomic E-state index is 10.5. The Morgan fingerprint density at radius 2 is 2.25 bits per heavy atom. The van der Waals surface area contributed by atoms with Crippen LogP contribution in [0.4, 0.5) is 0 Å². The monoisotopic (exact) mass is 132 g/mol. The molecule has 1 nitrogen and oxygen atoms in total. The smallest absolute Gasteiger partial charge is 0.132 e. The van der Waals surface area contributed by atoms with E-state index >= 15 is 0 Å². The second-order valence-corrected chi connectivity index (χ2v) is 2.17. The van der Waals surface area contributed by atoms with Gasteiger partial charge in [-0.25, -0.2) is 0 Å². The fourth-order valence-corrected chi connectivity index (χ4v) is 0.611. The molecule has 0 unspecified atom stereocenters. The van der Waals surface area contributed by atoms with Crippen molar-refractivity contribution in [3.05, 3.63) is 0 Å². The number of hydrogen-bond donors (Lipinski definition) is 1. The van der Waals surface area contributed by atoms with Crippen LogP contribution in [0.2, 0.25) is 0 Å². The molecule has 8 heavy (non-hydrogen) atoms. The maximum atomic E-state index is 10.5. The lowest BCUT2D eigenvalue weighted by Crippen LogP contribution is -1.93. The van der Waals surface area contributed by atoms with E-state index in [-0.39, 0.29) is 0 Å². The van der Waals surface area contributed by atoms with Crippen molar-refractivity contribution in [2.24, 2.45) is 0 Å². The Bertz CT molecular complexity index is 70.9. The van der Waals surface area contributed by atoms with Crippen molar-refractivity contribution in [3.63, 3.8) is 0 Å². The van der Waals surface area contributed by atoms with Gasteiger partial charge in [0.15, 0.2) is 0 Å². The van der Waals surface area contributed by atoms with Gasteiger partial charge in [-0.2, -0.15) is 12.6 Å². The van der Waals surface area contributed by atoms with Crippen molar-refractivity contribution in [1.82, 2.24) is 0 Å². The predicted octanol–water partition coefficient (Wildman–Crippen LogP) is 1.68. The van der Waals surface area contributed by atoms with Crippen LogP contribution in [0.1, 0.15) is 26.2 Å².